The smallest absolute Gasteiger partial charge is 0.161 e. The Morgan fingerprint density at radius 1 is 1.46 bits per heavy atom. The highest BCUT2D eigenvalue weighted by Gasteiger charge is 2.09. The van der Waals surface area contributed by atoms with Gasteiger partial charge >= 0.3 is 0 Å². The number of carbonyl (C=O) groups excluding carboxylic acids is 1. The molecule has 0 spiro atoms. The topological polar surface area (TPSA) is 17.1 Å². The minimum absolute atomic E-state index is 0.0942. The zero-order valence-corrected chi connectivity index (χ0v) is 8.67. The van der Waals surface area contributed by atoms with E-state index in [-0.39, 0.29) is 11.6 Å². The van der Waals surface area contributed by atoms with Crippen molar-refractivity contribution in [2.45, 2.75) is 18.7 Å². The first kappa shape index (κ1) is 10.3. The maximum Gasteiger partial charge on any atom is 0.161 e. The van der Waals surface area contributed by atoms with Crippen LogP contribution in [0.4, 0.5) is 4.39 Å². The summed E-state index contributed by atoms with van der Waals surface area (Å²) in [6.45, 7) is 3.14. The first-order chi connectivity index (χ1) is 6.06. The molecule has 0 aliphatic heterocycles. The zero-order chi connectivity index (χ0) is 10.0. The van der Waals surface area contributed by atoms with E-state index in [2.05, 4.69) is 0 Å². The van der Waals surface area contributed by atoms with Crippen molar-refractivity contribution in [2.24, 2.45) is 0 Å². The molecular weight excluding hydrogens is 187 g/mol. The molecule has 13 heavy (non-hydrogen) atoms. The normalized spacial score (nSPS) is 10.2. The second-order valence-electron chi connectivity index (χ2n) is 2.86. The van der Waals surface area contributed by atoms with E-state index in [9.17, 15) is 9.18 Å². The van der Waals surface area contributed by atoms with E-state index < -0.39 is 0 Å². The molecule has 0 aromatic heterocycles. The Hall–Kier alpha value is -0.830. The van der Waals surface area contributed by atoms with Gasteiger partial charge in [-0.3, -0.25) is 4.79 Å². The molecule has 0 N–H and O–H groups in total. The average molecular weight is 198 g/mol. The van der Waals surface area contributed by atoms with Gasteiger partial charge in [-0.2, -0.15) is 0 Å². The molecule has 0 fully saturated rings. The van der Waals surface area contributed by atoms with E-state index in [1.807, 2.05) is 6.26 Å². The fourth-order valence-electron chi connectivity index (χ4n) is 1.10. The standard InChI is InChI=1S/C10H11FOS/c1-6-4-10(13-3)8(7(2)12)5-9(6)11/h4-5H,1-3H3. The second kappa shape index (κ2) is 3.92. The third-order valence-electron chi connectivity index (χ3n) is 1.86. The van der Waals surface area contributed by atoms with E-state index >= 15 is 0 Å². The SMILES string of the molecule is CSc1cc(C)c(F)cc1C(C)=O. The van der Waals surface area contributed by atoms with Crippen LogP contribution < -0.4 is 0 Å². The summed E-state index contributed by atoms with van der Waals surface area (Å²) in [5.74, 6) is -0.411. The summed E-state index contributed by atoms with van der Waals surface area (Å²) in [5, 5.41) is 0. The van der Waals surface area contributed by atoms with Crippen LogP contribution in [0.25, 0.3) is 0 Å². The molecule has 1 rings (SSSR count). The molecule has 0 bridgehead atoms. The molecular formula is C10H11FOS. The monoisotopic (exact) mass is 198 g/mol. The van der Waals surface area contributed by atoms with E-state index in [0.717, 1.165) is 4.90 Å². The van der Waals surface area contributed by atoms with Gasteiger partial charge in [0.25, 0.3) is 0 Å². The van der Waals surface area contributed by atoms with Crippen LogP contribution in [0, 0.1) is 12.7 Å². The van der Waals surface area contributed by atoms with Crippen LogP contribution in [0.3, 0.4) is 0 Å². The minimum atomic E-state index is -0.317. The van der Waals surface area contributed by atoms with Crippen molar-refractivity contribution in [3.63, 3.8) is 0 Å². The lowest BCUT2D eigenvalue weighted by molar-refractivity contribution is 0.101. The molecule has 0 heterocycles. The molecule has 3 heteroatoms. The molecule has 70 valence electrons. The van der Waals surface area contributed by atoms with Crippen LogP contribution >= 0.6 is 11.8 Å². The number of rotatable bonds is 2. The predicted octanol–water partition coefficient (Wildman–Crippen LogP) is 3.06. The number of halogens is 1. The van der Waals surface area contributed by atoms with Crippen molar-refractivity contribution >= 4 is 17.5 Å². The van der Waals surface area contributed by atoms with Crippen molar-refractivity contribution in [3.05, 3.63) is 29.1 Å². The fourth-order valence-corrected chi connectivity index (χ4v) is 1.82. The molecule has 1 aromatic carbocycles. The number of Topliss-reactive ketones (excluding diaryl/α,β-unsaturated/α-hetero) is 1. The Balaban J connectivity index is 3.33. The molecule has 1 nitrogen and oxygen atoms in total. The van der Waals surface area contributed by atoms with Gasteiger partial charge < -0.3 is 0 Å². The van der Waals surface area contributed by atoms with Gasteiger partial charge in [0, 0.05) is 10.5 Å². The fraction of sp³-hybridized carbons (Fsp3) is 0.300. The molecule has 0 unspecified atom stereocenters. The van der Waals surface area contributed by atoms with E-state index in [1.54, 1.807) is 13.0 Å². The third-order valence-corrected chi connectivity index (χ3v) is 2.64. The first-order valence-corrected chi connectivity index (χ1v) is 5.13. The molecule has 0 atom stereocenters. The molecule has 0 aliphatic carbocycles. The highest BCUT2D eigenvalue weighted by Crippen LogP contribution is 2.24. The highest BCUT2D eigenvalue weighted by molar-refractivity contribution is 7.98. The van der Waals surface area contributed by atoms with Crippen LogP contribution in [-0.2, 0) is 0 Å². The number of carbonyl (C=O) groups is 1. The van der Waals surface area contributed by atoms with E-state index in [0.29, 0.717) is 11.1 Å². The van der Waals surface area contributed by atoms with Crippen molar-refractivity contribution in [1.29, 1.82) is 0 Å². The van der Waals surface area contributed by atoms with Gasteiger partial charge in [-0.05, 0) is 37.8 Å². The Labute approximate surface area is 81.3 Å². The van der Waals surface area contributed by atoms with Crippen LogP contribution in [-0.4, -0.2) is 12.0 Å². The molecule has 1 aromatic rings. The summed E-state index contributed by atoms with van der Waals surface area (Å²) in [6.07, 6.45) is 1.87. The van der Waals surface area contributed by atoms with Gasteiger partial charge in [0.2, 0.25) is 0 Å². The Morgan fingerprint density at radius 2 is 2.08 bits per heavy atom. The van der Waals surface area contributed by atoms with Crippen molar-refractivity contribution in [3.8, 4) is 0 Å². The number of benzene rings is 1. The Kier molecular flexibility index (Phi) is 3.09. The van der Waals surface area contributed by atoms with E-state index in [4.69, 9.17) is 0 Å². The average Bonchev–Trinajstić information content (AvgIpc) is 2.08. The first-order valence-electron chi connectivity index (χ1n) is 3.91. The van der Waals surface area contributed by atoms with Crippen LogP contribution in [0.5, 0.6) is 0 Å². The summed E-state index contributed by atoms with van der Waals surface area (Å²) in [4.78, 5) is 11.9. The Bertz CT molecular complexity index is 347. The van der Waals surface area contributed by atoms with Crippen LogP contribution in [0.1, 0.15) is 22.8 Å². The van der Waals surface area contributed by atoms with Crippen molar-refractivity contribution in [1.82, 2.24) is 0 Å². The summed E-state index contributed by atoms with van der Waals surface area (Å²) >= 11 is 1.46. The number of hydrogen-bond donors (Lipinski definition) is 0. The van der Waals surface area contributed by atoms with Crippen molar-refractivity contribution in [2.75, 3.05) is 6.26 Å². The number of thioether (sulfide) groups is 1. The van der Waals surface area contributed by atoms with Gasteiger partial charge in [-0.15, -0.1) is 11.8 Å². The predicted molar refractivity (Wildman–Crippen MR) is 52.9 cm³/mol. The summed E-state index contributed by atoms with van der Waals surface area (Å²) in [6, 6.07) is 3.01. The number of hydrogen-bond acceptors (Lipinski definition) is 2. The maximum atomic E-state index is 13.1. The van der Waals surface area contributed by atoms with Gasteiger partial charge in [0.1, 0.15) is 5.82 Å². The summed E-state index contributed by atoms with van der Waals surface area (Å²) < 4.78 is 13.1. The lowest BCUT2D eigenvalue weighted by Crippen LogP contribution is -1.97. The molecule has 0 amide bonds. The zero-order valence-electron chi connectivity index (χ0n) is 7.85. The summed E-state index contributed by atoms with van der Waals surface area (Å²) in [7, 11) is 0. The van der Waals surface area contributed by atoms with Crippen LogP contribution in [0.2, 0.25) is 0 Å². The molecule has 0 saturated heterocycles. The third kappa shape index (κ3) is 2.10. The lowest BCUT2D eigenvalue weighted by atomic mass is 10.1. The molecule has 0 aliphatic rings. The molecule has 0 radical (unpaired) electrons. The second-order valence-corrected chi connectivity index (χ2v) is 3.71. The minimum Gasteiger partial charge on any atom is -0.294 e. The highest BCUT2D eigenvalue weighted by atomic mass is 32.2. The van der Waals surface area contributed by atoms with Crippen molar-refractivity contribution < 1.29 is 9.18 Å². The van der Waals surface area contributed by atoms with E-state index in [1.165, 1.54) is 24.8 Å². The lowest BCUT2D eigenvalue weighted by Gasteiger charge is -2.05. The van der Waals surface area contributed by atoms with Crippen LogP contribution in [0.15, 0.2) is 17.0 Å². The van der Waals surface area contributed by atoms with Gasteiger partial charge in [-0.25, -0.2) is 4.39 Å². The number of aryl methyl sites for hydroxylation is 1. The summed E-state index contributed by atoms with van der Waals surface area (Å²) in [5.41, 5.74) is 1.05. The quantitative estimate of drug-likeness (QED) is 0.536. The molecule has 0 saturated carbocycles. The van der Waals surface area contributed by atoms with Gasteiger partial charge in [-0.1, -0.05) is 0 Å². The number of ketones is 1. The largest absolute Gasteiger partial charge is 0.294 e. The maximum absolute atomic E-state index is 13.1. The van der Waals surface area contributed by atoms with Gasteiger partial charge in [0.15, 0.2) is 5.78 Å². The van der Waals surface area contributed by atoms with Gasteiger partial charge in [0.05, 0.1) is 0 Å². The Morgan fingerprint density at radius 3 is 2.54 bits per heavy atom.